The summed E-state index contributed by atoms with van der Waals surface area (Å²) in [5.74, 6) is -0.00846. The van der Waals surface area contributed by atoms with Crippen LogP contribution in [-0.4, -0.2) is 31.1 Å². The number of alkyl carbamates (subject to hydrolysis) is 1. The number of amides is 1. The van der Waals surface area contributed by atoms with Crippen molar-refractivity contribution in [2.75, 3.05) is 13.6 Å². The zero-order chi connectivity index (χ0) is 12.5. The Labute approximate surface area is 91.4 Å². The molecule has 90 valence electrons. The van der Waals surface area contributed by atoms with E-state index in [0.29, 0.717) is 6.42 Å². The Hall–Kier alpha value is -1.10. The third kappa shape index (κ3) is 12.9. The maximum Gasteiger partial charge on any atom is 0.408 e. The highest BCUT2D eigenvalue weighted by molar-refractivity contribution is 5.83. The first kappa shape index (κ1) is 16.3. The second-order valence-electron chi connectivity index (χ2n) is 3.75. The molecule has 15 heavy (non-hydrogen) atoms. The molecule has 0 spiro atoms. The molecule has 0 aromatic rings. The number of nitrogens with two attached hydrogens (primary N) is 1. The number of Topliss-reactive ketones (excluding diaryl/α,β-unsaturated/α-hetero) is 1. The van der Waals surface area contributed by atoms with Crippen molar-refractivity contribution in [3.8, 4) is 0 Å². The molecule has 5 nitrogen and oxygen atoms in total. The molecule has 0 bridgehead atoms. The van der Waals surface area contributed by atoms with Gasteiger partial charge in [-0.1, -0.05) is 6.92 Å². The molecule has 0 rings (SSSR count). The van der Waals surface area contributed by atoms with Crippen molar-refractivity contribution in [2.45, 2.75) is 39.7 Å². The standard InChI is InChI=1S/C9H17NO3.CH5N/c1-5-7(11)6-10-8(12)13-9(2,3)4;1-2/h5-6H2,1-4H3,(H,10,12);2H2,1H3. The molecular formula is C10H22N2O3. The van der Waals surface area contributed by atoms with E-state index in [2.05, 4.69) is 11.1 Å². The third-order valence-corrected chi connectivity index (χ3v) is 1.22. The number of ether oxygens (including phenoxy) is 1. The molecule has 0 unspecified atom stereocenters. The van der Waals surface area contributed by atoms with Gasteiger partial charge in [-0.15, -0.1) is 0 Å². The van der Waals surface area contributed by atoms with Gasteiger partial charge >= 0.3 is 6.09 Å². The summed E-state index contributed by atoms with van der Waals surface area (Å²) >= 11 is 0. The van der Waals surface area contributed by atoms with Crippen LogP contribution >= 0.6 is 0 Å². The first-order chi connectivity index (χ1) is 6.85. The minimum Gasteiger partial charge on any atom is -0.444 e. The lowest BCUT2D eigenvalue weighted by Gasteiger charge is -2.19. The summed E-state index contributed by atoms with van der Waals surface area (Å²) in [7, 11) is 1.50. The van der Waals surface area contributed by atoms with Gasteiger partial charge in [0.25, 0.3) is 0 Å². The number of carbonyl (C=O) groups is 2. The molecule has 0 radical (unpaired) electrons. The number of carbonyl (C=O) groups excluding carboxylic acids is 2. The lowest BCUT2D eigenvalue weighted by Crippen LogP contribution is -2.35. The number of rotatable bonds is 3. The maximum atomic E-state index is 11.0. The summed E-state index contributed by atoms with van der Waals surface area (Å²) in [5.41, 5.74) is 3.99. The van der Waals surface area contributed by atoms with E-state index in [1.807, 2.05) is 0 Å². The number of nitrogens with one attached hydrogen (secondary N) is 1. The number of hydrogen-bond donors (Lipinski definition) is 2. The van der Waals surface area contributed by atoms with Crippen molar-refractivity contribution in [3.05, 3.63) is 0 Å². The van der Waals surface area contributed by atoms with Crippen molar-refractivity contribution in [2.24, 2.45) is 5.73 Å². The van der Waals surface area contributed by atoms with Gasteiger partial charge in [0.05, 0.1) is 6.54 Å². The van der Waals surface area contributed by atoms with E-state index in [0.717, 1.165) is 0 Å². The first-order valence-electron chi connectivity index (χ1n) is 4.91. The summed E-state index contributed by atoms with van der Waals surface area (Å²) in [6, 6.07) is 0. The van der Waals surface area contributed by atoms with E-state index in [-0.39, 0.29) is 12.3 Å². The van der Waals surface area contributed by atoms with E-state index < -0.39 is 11.7 Å². The van der Waals surface area contributed by atoms with Gasteiger partial charge in [0.2, 0.25) is 0 Å². The fourth-order valence-corrected chi connectivity index (χ4v) is 0.610. The average molecular weight is 218 g/mol. The molecule has 0 aromatic heterocycles. The van der Waals surface area contributed by atoms with Gasteiger partial charge in [-0.3, -0.25) is 4.79 Å². The predicted molar refractivity (Wildman–Crippen MR) is 59.6 cm³/mol. The zero-order valence-electron chi connectivity index (χ0n) is 10.2. The van der Waals surface area contributed by atoms with Crippen LogP contribution in [-0.2, 0) is 9.53 Å². The SMILES string of the molecule is CCC(=O)CNC(=O)OC(C)(C)C.CN. The summed E-state index contributed by atoms with van der Waals surface area (Å²) in [4.78, 5) is 21.8. The van der Waals surface area contributed by atoms with Gasteiger partial charge in [-0.2, -0.15) is 0 Å². The van der Waals surface area contributed by atoms with Crippen molar-refractivity contribution in [3.63, 3.8) is 0 Å². The largest absolute Gasteiger partial charge is 0.444 e. The molecule has 3 N–H and O–H groups in total. The minimum atomic E-state index is -0.547. The second kappa shape index (κ2) is 8.23. The summed E-state index contributed by atoms with van der Waals surface area (Å²) in [6.07, 6.45) is -0.121. The Morgan fingerprint density at radius 2 is 1.73 bits per heavy atom. The molecule has 0 fully saturated rings. The third-order valence-electron chi connectivity index (χ3n) is 1.22. The smallest absolute Gasteiger partial charge is 0.408 e. The van der Waals surface area contributed by atoms with Gasteiger partial charge in [-0.25, -0.2) is 4.79 Å². The van der Waals surface area contributed by atoms with E-state index in [1.165, 1.54) is 7.05 Å². The van der Waals surface area contributed by atoms with Crippen LogP contribution in [0.4, 0.5) is 4.79 Å². The zero-order valence-corrected chi connectivity index (χ0v) is 10.2. The van der Waals surface area contributed by atoms with Gasteiger partial charge in [-0.05, 0) is 27.8 Å². The lowest BCUT2D eigenvalue weighted by molar-refractivity contribution is -0.118. The molecule has 0 heterocycles. The van der Waals surface area contributed by atoms with E-state index in [9.17, 15) is 9.59 Å². The summed E-state index contributed by atoms with van der Waals surface area (Å²) in [6.45, 7) is 7.11. The van der Waals surface area contributed by atoms with Crippen LogP contribution < -0.4 is 11.1 Å². The quantitative estimate of drug-likeness (QED) is 0.742. The van der Waals surface area contributed by atoms with Crippen molar-refractivity contribution >= 4 is 11.9 Å². The topological polar surface area (TPSA) is 81.4 Å². The molecule has 5 heteroatoms. The Morgan fingerprint density at radius 3 is 2.07 bits per heavy atom. The fraction of sp³-hybridized carbons (Fsp3) is 0.800. The van der Waals surface area contributed by atoms with Crippen molar-refractivity contribution in [1.82, 2.24) is 5.32 Å². The minimum absolute atomic E-state index is 0.00846. The normalized spacial score (nSPS) is 9.73. The Kier molecular flexibility index (Phi) is 8.96. The predicted octanol–water partition coefficient (Wildman–Crippen LogP) is 1.07. The highest BCUT2D eigenvalue weighted by Crippen LogP contribution is 2.06. The van der Waals surface area contributed by atoms with Crippen LogP contribution in [0.15, 0.2) is 0 Å². The van der Waals surface area contributed by atoms with Gasteiger partial charge in [0.1, 0.15) is 5.60 Å². The monoisotopic (exact) mass is 218 g/mol. The van der Waals surface area contributed by atoms with Gasteiger partial charge < -0.3 is 15.8 Å². The summed E-state index contributed by atoms with van der Waals surface area (Å²) < 4.78 is 4.93. The molecule has 1 amide bonds. The lowest BCUT2D eigenvalue weighted by atomic mass is 10.2. The molecule has 0 saturated carbocycles. The average Bonchev–Trinajstić information content (AvgIpc) is 2.14. The summed E-state index contributed by atoms with van der Waals surface area (Å²) in [5, 5.41) is 2.38. The van der Waals surface area contributed by atoms with Crippen LogP contribution in [0.25, 0.3) is 0 Å². The van der Waals surface area contributed by atoms with Gasteiger partial charge in [0.15, 0.2) is 5.78 Å². The molecular weight excluding hydrogens is 196 g/mol. The molecule has 0 saturated heterocycles. The van der Waals surface area contributed by atoms with E-state index >= 15 is 0 Å². The number of ketones is 1. The van der Waals surface area contributed by atoms with Crippen LogP contribution in [0.3, 0.4) is 0 Å². The second-order valence-corrected chi connectivity index (χ2v) is 3.75. The van der Waals surface area contributed by atoms with Crippen LogP contribution in [0.1, 0.15) is 34.1 Å². The maximum absolute atomic E-state index is 11.0. The van der Waals surface area contributed by atoms with Crippen LogP contribution in [0, 0.1) is 0 Å². The van der Waals surface area contributed by atoms with Crippen LogP contribution in [0.2, 0.25) is 0 Å². The fourth-order valence-electron chi connectivity index (χ4n) is 0.610. The Morgan fingerprint density at radius 1 is 1.27 bits per heavy atom. The van der Waals surface area contributed by atoms with E-state index in [4.69, 9.17) is 4.74 Å². The Bertz CT molecular complexity index is 197. The molecule has 0 atom stereocenters. The number of hydrogen-bond acceptors (Lipinski definition) is 4. The highest BCUT2D eigenvalue weighted by atomic mass is 16.6. The molecule has 0 aliphatic rings. The van der Waals surface area contributed by atoms with Gasteiger partial charge in [0, 0.05) is 6.42 Å². The molecule has 0 aromatic carbocycles. The Balaban J connectivity index is 0. The first-order valence-corrected chi connectivity index (χ1v) is 4.91. The van der Waals surface area contributed by atoms with Crippen molar-refractivity contribution < 1.29 is 14.3 Å². The van der Waals surface area contributed by atoms with Crippen molar-refractivity contribution in [1.29, 1.82) is 0 Å². The molecule has 0 aliphatic heterocycles. The van der Waals surface area contributed by atoms with Crippen LogP contribution in [0.5, 0.6) is 0 Å². The van der Waals surface area contributed by atoms with E-state index in [1.54, 1.807) is 27.7 Å². The highest BCUT2D eigenvalue weighted by Gasteiger charge is 2.15. The molecule has 0 aliphatic carbocycles.